The summed E-state index contributed by atoms with van der Waals surface area (Å²) in [6, 6.07) is 5.79. The van der Waals surface area contributed by atoms with E-state index in [1.54, 1.807) is 12.3 Å². The quantitative estimate of drug-likeness (QED) is 0.504. The number of alkyl halides is 2. The molecule has 2 nitrogen and oxygen atoms in total. The topological polar surface area (TPSA) is 16.2 Å². The van der Waals surface area contributed by atoms with Gasteiger partial charge in [-0.15, -0.1) is 23.2 Å². The molecule has 2 rings (SSSR count). The van der Waals surface area contributed by atoms with Gasteiger partial charge in [-0.2, -0.15) is 4.57 Å². The highest BCUT2D eigenvalue weighted by molar-refractivity contribution is 6.46. The summed E-state index contributed by atoms with van der Waals surface area (Å²) >= 11 is 11.3. The average Bonchev–Trinajstić information content (AvgIpc) is 2.48. The number of halogens is 2. The number of nitrogens with zero attached hydrogens (tertiary/aromatic N) is 2. The second-order valence-corrected chi connectivity index (χ2v) is 3.78. The van der Waals surface area contributed by atoms with Gasteiger partial charge in [-0.25, -0.2) is 0 Å². The summed E-state index contributed by atoms with van der Waals surface area (Å²) in [5, 5.41) is 0. The third-order valence-electron chi connectivity index (χ3n) is 1.74. The van der Waals surface area contributed by atoms with Crippen molar-refractivity contribution in [1.82, 2.24) is 0 Å². The molecular formula is C9H7Cl2N2+. The minimum absolute atomic E-state index is 0.500. The largest absolute Gasteiger partial charge is 0.328 e. The van der Waals surface area contributed by atoms with Crippen molar-refractivity contribution in [2.75, 3.05) is 0 Å². The summed E-state index contributed by atoms with van der Waals surface area (Å²) in [4.78, 5) is 3.69. The van der Waals surface area contributed by atoms with Crippen LogP contribution in [-0.4, -0.2) is 11.1 Å². The highest BCUT2D eigenvalue weighted by Gasteiger charge is 2.19. The molecule has 0 radical (unpaired) electrons. The van der Waals surface area contributed by atoms with Gasteiger partial charge in [-0.05, 0) is 17.1 Å². The van der Waals surface area contributed by atoms with Crippen molar-refractivity contribution in [3.05, 3.63) is 30.5 Å². The maximum atomic E-state index is 5.64. The van der Waals surface area contributed by atoms with Gasteiger partial charge in [0.1, 0.15) is 4.84 Å². The molecule has 2 heterocycles. The van der Waals surface area contributed by atoms with E-state index in [0.717, 1.165) is 11.5 Å². The van der Waals surface area contributed by atoms with Crippen molar-refractivity contribution in [3.63, 3.8) is 0 Å². The van der Waals surface area contributed by atoms with Crippen LogP contribution in [0.25, 0.3) is 5.70 Å². The molecular weight excluding hydrogens is 207 g/mol. The fraction of sp³-hybridized carbons (Fsp3) is 0.111. The lowest BCUT2D eigenvalue weighted by Crippen LogP contribution is -2.29. The van der Waals surface area contributed by atoms with Crippen LogP contribution in [0.4, 0.5) is 5.82 Å². The molecule has 0 aliphatic carbocycles. The van der Waals surface area contributed by atoms with E-state index in [0.29, 0.717) is 0 Å². The SMILES string of the molecule is ClC(Cl)C=C1C=Nc2cccc[n+]21. The molecule has 0 aromatic carbocycles. The molecule has 0 N–H and O–H groups in total. The van der Waals surface area contributed by atoms with E-state index in [2.05, 4.69) is 4.99 Å². The second kappa shape index (κ2) is 3.48. The molecule has 0 spiro atoms. The number of hydrogen-bond donors (Lipinski definition) is 0. The van der Waals surface area contributed by atoms with Gasteiger partial charge in [0, 0.05) is 6.07 Å². The lowest BCUT2D eigenvalue weighted by atomic mass is 10.4. The standard InChI is InChI=1S/C9H7Cl2N2/c10-8(11)5-7-6-12-9-3-1-2-4-13(7)9/h1-6,8H/q+1. The Morgan fingerprint density at radius 2 is 2.23 bits per heavy atom. The lowest BCUT2D eigenvalue weighted by Gasteiger charge is -1.94. The normalized spacial score (nSPS) is 17.0. The molecule has 0 amide bonds. The Labute approximate surface area is 86.1 Å². The van der Waals surface area contributed by atoms with E-state index < -0.39 is 4.84 Å². The summed E-state index contributed by atoms with van der Waals surface area (Å²) in [7, 11) is 0. The van der Waals surface area contributed by atoms with Crippen LogP contribution in [-0.2, 0) is 0 Å². The summed E-state index contributed by atoms with van der Waals surface area (Å²) in [6.07, 6.45) is 5.40. The summed E-state index contributed by atoms with van der Waals surface area (Å²) in [6.45, 7) is 0. The van der Waals surface area contributed by atoms with Crippen LogP contribution in [0.2, 0.25) is 0 Å². The fourth-order valence-corrected chi connectivity index (χ4v) is 1.46. The number of pyridine rings is 1. The summed E-state index contributed by atoms with van der Waals surface area (Å²) in [5.41, 5.74) is 0.908. The van der Waals surface area contributed by atoms with Crippen LogP contribution in [0.1, 0.15) is 0 Å². The van der Waals surface area contributed by atoms with E-state index in [1.807, 2.05) is 29.0 Å². The third-order valence-corrected chi connectivity index (χ3v) is 1.99. The van der Waals surface area contributed by atoms with Gasteiger partial charge in [-0.3, -0.25) is 0 Å². The molecule has 0 saturated heterocycles. The Morgan fingerprint density at radius 3 is 3.00 bits per heavy atom. The van der Waals surface area contributed by atoms with Crippen LogP contribution in [0.15, 0.2) is 35.5 Å². The van der Waals surface area contributed by atoms with E-state index in [9.17, 15) is 0 Å². The third kappa shape index (κ3) is 1.74. The van der Waals surface area contributed by atoms with E-state index in [1.165, 1.54) is 0 Å². The van der Waals surface area contributed by atoms with E-state index >= 15 is 0 Å². The Bertz CT molecular complexity index is 383. The zero-order chi connectivity index (χ0) is 9.26. The number of aliphatic imine (C=N–C) groups is 1. The molecule has 1 aliphatic rings. The minimum Gasteiger partial charge on any atom is -0.193 e. The average molecular weight is 214 g/mol. The Kier molecular flexibility index (Phi) is 2.34. The highest BCUT2D eigenvalue weighted by Crippen LogP contribution is 2.15. The van der Waals surface area contributed by atoms with Gasteiger partial charge in [0.2, 0.25) is 0 Å². The Hall–Kier alpha value is -0.860. The monoisotopic (exact) mass is 213 g/mol. The Balaban J connectivity index is 2.44. The number of fused-ring (bicyclic) bond motifs is 1. The second-order valence-electron chi connectivity index (χ2n) is 2.61. The number of rotatable bonds is 1. The van der Waals surface area contributed by atoms with Crippen molar-refractivity contribution in [2.45, 2.75) is 4.84 Å². The van der Waals surface area contributed by atoms with Gasteiger partial charge >= 0.3 is 5.82 Å². The first-order chi connectivity index (χ1) is 6.27. The molecule has 13 heavy (non-hydrogen) atoms. The Morgan fingerprint density at radius 1 is 1.38 bits per heavy atom. The fourth-order valence-electron chi connectivity index (χ4n) is 1.20. The molecule has 4 heteroatoms. The zero-order valence-corrected chi connectivity index (χ0v) is 8.20. The van der Waals surface area contributed by atoms with E-state index in [4.69, 9.17) is 23.2 Å². The van der Waals surface area contributed by atoms with E-state index in [-0.39, 0.29) is 0 Å². The molecule has 0 fully saturated rings. The first-order valence-corrected chi connectivity index (χ1v) is 4.70. The van der Waals surface area contributed by atoms with Gasteiger partial charge in [0.05, 0.1) is 6.20 Å². The van der Waals surface area contributed by atoms with Crippen LogP contribution >= 0.6 is 23.2 Å². The van der Waals surface area contributed by atoms with Crippen LogP contribution < -0.4 is 4.57 Å². The number of allylic oxidation sites excluding steroid dienone is 2. The first-order valence-electron chi connectivity index (χ1n) is 3.82. The van der Waals surface area contributed by atoms with Crippen molar-refractivity contribution < 1.29 is 4.57 Å². The van der Waals surface area contributed by atoms with Crippen molar-refractivity contribution in [3.8, 4) is 0 Å². The summed E-state index contributed by atoms with van der Waals surface area (Å²) < 4.78 is 1.93. The molecule has 1 aromatic heterocycles. The molecule has 1 aromatic rings. The van der Waals surface area contributed by atoms with Crippen molar-refractivity contribution in [1.29, 1.82) is 0 Å². The van der Waals surface area contributed by atoms with Gasteiger partial charge in [-0.1, -0.05) is 6.07 Å². The number of aromatic nitrogens is 1. The minimum atomic E-state index is -0.500. The maximum absolute atomic E-state index is 5.64. The predicted molar refractivity (Wildman–Crippen MR) is 54.6 cm³/mol. The molecule has 66 valence electrons. The number of hydrogen-bond acceptors (Lipinski definition) is 1. The van der Waals surface area contributed by atoms with Crippen LogP contribution in [0.3, 0.4) is 0 Å². The zero-order valence-electron chi connectivity index (χ0n) is 6.69. The van der Waals surface area contributed by atoms with Gasteiger partial charge in [0.15, 0.2) is 11.9 Å². The predicted octanol–water partition coefficient (Wildman–Crippen LogP) is 2.33. The van der Waals surface area contributed by atoms with Crippen molar-refractivity contribution >= 4 is 40.9 Å². The molecule has 1 aliphatic heterocycles. The molecule has 0 bridgehead atoms. The summed E-state index contributed by atoms with van der Waals surface area (Å²) in [5.74, 6) is 0.891. The van der Waals surface area contributed by atoms with Crippen LogP contribution in [0.5, 0.6) is 0 Å². The van der Waals surface area contributed by atoms with Crippen molar-refractivity contribution in [2.24, 2.45) is 4.99 Å². The first kappa shape index (κ1) is 8.73. The smallest absolute Gasteiger partial charge is 0.193 e. The maximum Gasteiger partial charge on any atom is 0.328 e. The van der Waals surface area contributed by atoms with Crippen LogP contribution in [0, 0.1) is 0 Å². The molecule has 0 atom stereocenters. The van der Waals surface area contributed by atoms with Gasteiger partial charge < -0.3 is 0 Å². The highest BCUT2D eigenvalue weighted by atomic mass is 35.5. The molecule has 0 unspecified atom stereocenters. The van der Waals surface area contributed by atoms with Gasteiger partial charge in [0.25, 0.3) is 0 Å². The lowest BCUT2D eigenvalue weighted by molar-refractivity contribution is -0.558. The molecule has 0 saturated carbocycles.